The third-order valence-electron chi connectivity index (χ3n) is 3.53. The molecule has 1 aromatic rings. The third-order valence-corrected chi connectivity index (χ3v) is 4.17. The first-order valence-corrected chi connectivity index (χ1v) is 7.25. The number of nitrogens with zero attached hydrogens (tertiary/aromatic N) is 1. The van der Waals surface area contributed by atoms with Crippen molar-refractivity contribution >= 4 is 28.9 Å². The quantitative estimate of drug-likeness (QED) is 0.718. The number of anilines is 1. The molecule has 2 rings (SSSR count). The first kappa shape index (κ1) is 13.0. The summed E-state index contributed by atoms with van der Waals surface area (Å²) in [6, 6.07) is 6.23. The van der Waals surface area contributed by atoms with E-state index in [0.29, 0.717) is 5.88 Å². The van der Waals surface area contributed by atoms with Gasteiger partial charge in [-0.1, -0.05) is 31.0 Å². The summed E-state index contributed by atoms with van der Waals surface area (Å²) in [5, 5.41) is 0.788. The van der Waals surface area contributed by atoms with Gasteiger partial charge in [0.05, 0.1) is 0 Å². The van der Waals surface area contributed by atoms with Crippen molar-refractivity contribution in [3.8, 4) is 0 Å². The lowest BCUT2D eigenvalue weighted by atomic mass is 10.0. The Bertz CT molecular complexity index is 378. The van der Waals surface area contributed by atoms with Crippen molar-refractivity contribution in [3.05, 3.63) is 28.8 Å². The first-order valence-electron chi connectivity index (χ1n) is 6.34. The van der Waals surface area contributed by atoms with Crippen molar-refractivity contribution < 1.29 is 0 Å². The van der Waals surface area contributed by atoms with Gasteiger partial charge in [0.15, 0.2) is 0 Å². The van der Waals surface area contributed by atoms with Crippen LogP contribution in [0.2, 0.25) is 5.02 Å². The molecule has 0 amide bonds. The highest BCUT2D eigenvalue weighted by molar-refractivity contribution is 6.32. The zero-order chi connectivity index (χ0) is 12.3. The minimum absolute atomic E-state index is 0.484. The van der Waals surface area contributed by atoms with E-state index in [2.05, 4.69) is 17.9 Å². The first-order chi connectivity index (χ1) is 8.24. The number of benzene rings is 1. The molecule has 94 valence electrons. The average molecular weight is 272 g/mol. The van der Waals surface area contributed by atoms with Crippen LogP contribution in [0.15, 0.2) is 18.2 Å². The zero-order valence-electron chi connectivity index (χ0n) is 10.3. The van der Waals surface area contributed by atoms with E-state index in [0.717, 1.165) is 23.0 Å². The van der Waals surface area contributed by atoms with Gasteiger partial charge in [-0.25, -0.2) is 0 Å². The van der Waals surface area contributed by atoms with Gasteiger partial charge in [-0.3, -0.25) is 0 Å². The van der Waals surface area contributed by atoms with Crippen LogP contribution >= 0.6 is 23.2 Å². The lowest BCUT2D eigenvalue weighted by Crippen LogP contribution is -2.19. The van der Waals surface area contributed by atoms with Crippen LogP contribution in [0.4, 0.5) is 5.69 Å². The summed E-state index contributed by atoms with van der Waals surface area (Å²) in [5.74, 6) is 1.34. The molecule has 0 saturated carbocycles. The average Bonchev–Trinajstić information content (AvgIpc) is 2.78. The number of alkyl halides is 1. The topological polar surface area (TPSA) is 3.24 Å². The largest absolute Gasteiger partial charge is 0.371 e. The van der Waals surface area contributed by atoms with E-state index >= 15 is 0 Å². The molecule has 0 aromatic heterocycles. The SMILES string of the molecule is CCCC1CCN(c2ccc(CCl)c(Cl)c2)C1. The van der Waals surface area contributed by atoms with Gasteiger partial charge in [-0.15, -0.1) is 11.6 Å². The second-order valence-electron chi connectivity index (χ2n) is 4.80. The lowest BCUT2D eigenvalue weighted by Gasteiger charge is -2.19. The van der Waals surface area contributed by atoms with E-state index in [1.165, 1.54) is 31.5 Å². The van der Waals surface area contributed by atoms with E-state index in [9.17, 15) is 0 Å². The van der Waals surface area contributed by atoms with Crippen LogP contribution < -0.4 is 4.90 Å². The predicted octanol–water partition coefficient (Wildman–Crippen LogP) is 4.71. The molecule has 1 atom stereocenters. The maximum atomic E-state index is 6.19. The molecule has 0 bridgehead atoms. The summed E-state index contributed by atoms with van der Waals surface area (Å²) in [6.45, 7) is 4.58. The molecule has 1 saturated heterocycles. The van der Waals surface area contributed by atoms with E-state index < -0.39 is 0 Å². The Balaban J connectivity index is 2.06. The monoisotopic (exact) mass is 271 g/mol. The summed E-state index contributed by atoms with van der Waals surface area (Å²) in [6.07, 6.45) is 3.93. The van der Waals surface area contributed by atoms with Gasteiger partial charge in [-0.2, -0.15) is 0 Å². The Morgan fingerprint density at radius 3 is 2.88 bits per heavy atom. The number of halogens is 2. The van der Waals surface area contributed by atoms with Crippen LogP contribution in [0.1, 0.15) is 31.7 Å². The molecule has 3 heteroatoms. The fourth-order valence-electron chi connectivity index (χ4n) is 2.55. The van der Waals surface area contributed by atoms with Crippen LogP contribution in [-0.4, -0.2) is 13.1 Å². The maximum Gasteiger partial charge on any atom is 0.0488 e. The van der Waals surface area contributed by atoms with Crippen molar-refractivity contribution in [2.24, 2.45) is 5.92 Å². The van der Waals surface area contributed by atoms with Crippen molar-refractivity contribution in [1.29, 1.82) is 0 Å². The number of rotatable bonds is 4. The highest BCUT2D eigenvalue weighted by atomic mass is 35.5. The summed E-state index contributed by atoms with van der Waals surface area (Å²) >= 11 is 12.0. The molecule has 1 aromatic carbocycles. The molecule has 1 unspecified atom stereocenters. The number of hydrogen-bond acceptors (Lipinski definition) is 1. The van der Waals surface area contributed by atoms with Crippen molar-refractivity contribution in [2.45, 2.75) is 32.1 Å². The van der Waals surface area contributed by atoms with Gasteiger partial charge in [0, 0.05) is 29.7 Å². The number of hydrogen-bond donors (Lipinski definition) is 0. The second kappa shape index (κ2) is 5.97. The van der Waals surface area contributed by atoms with Gasteiger partial charge in [0.2, 0.25) is 0 Å². The van der Waals surface area contributed by atoms with Crippen LogP contribution in [0, 0.1) is 5.92 Å². The molecule has 0 radical (unpaired) electrons. The normalized spacial score (nSPS) is 19.9. The molecule has 0 N–H and O–H groups in total. The Morgan fingerprint density at radius 1 is 1.41 bits per heavy atom. The van der Waals surface area contributed by atoms with Gasteiger partial charge in [0.1, 0.15) is 0 Å². The Hall–Kier alpha value is -0.400. The van der Waals surface area contributed by atoms with Crippen molar-refractivity contribution in [2.75, 3.05) is 18.0 Å². The highest BCUT2D eigenvalue weighted by Gasteiger charge is 2.22. The summed E-state index contributed by atoms with van der Waals surface area (Å²) < 4.78 is 0. The summed E-state index contributed by atoms with van der Waals surface area (Å²) in [4.78, 5) is 2.43. The fraction of sp³-hybridized carbons (Fsp3) is 0.571. The van der Waals surface area contributed by atoms with E-state index in [-0.39, 0.29) is 0 Å². The minimum atomic E-state index is 0.484. The van der Waals surface area contributed by atoms with Crippen LogP contribution in [0.5, 0.6) is 0 Å². The van der Waals surface area contributed by atoms with Gasteiger partial charge >= 0.3 is 0 Å². The van der Waals surface area contributed by atoms with E-state index in [4.69, 9.17) is 23.2 Å². The van der Waals surface area contributed by atoms with Crippen molar-refractivity contribution in [3.63, 3.8) is 0 Å². The molecular formula is C14H19Cl2N. The van der Waals surface area contributed by atoms with Crippen LogP contribution in [-0.2, 0) is 5.88 Å². The lowest BCUT2D eigenvalue weighted by molar-refractivity contribution is 0.530. The third kappa shape index (κ3) is 3.08. The molecule has 0 aliphatic carbocycles. The standard InChI is InChI=1S/C14H19Cl2N/c1-2-3-11-6-7-17(10-11)13-5-4-12(9-15)14(16)8-13/h4-5,8,11H,2-3,6-7,9-10H2,1H3. The minimum Gasteiger partial charge on any atom is -0.371 e. The smallest absolute Gasteiger partial charge is 0.0488 e. The zero-order valence-corrected chi connectivity index (χ0v) is 11.8. The molecule has 1 aliphatic rings. The molecule has 17 heavy (non-hydrogen) atoms. The fourth-order valence-corrected chi connectivity index (χ4v) is 3.10. The molecule has 1 heterocycles. The van der Waals surface area contributed by atoms with Crippen molar-refractivity contribution in [1.82, 2.24) is 0 Å². The van der Waals surface area contributed by atoms with Gasteiger partial charge in [-0.05, 0) is 36.5 Å². The predicted molar refractivity (Wildman–Crippen MR) is 76.2 cm³/mol. The van der Waals surface area contributed by atoms with Gasteiger partial charge < -0.3 is 4.90 Å². The highest BCUT2D eigenvalue weighted by Crippen LogP contribution is 2.30. The van der Waals surface area contributed by atoms with E-state index in [1.54, 1.807) is 0 Å². The summed E-state index contributed by atoms with van der Waals surface area (Å²) in [5.41, 5.74) is 2.25. The summed E-state index contributed by atoms with van der Waals surface area (Å²) in [7, 11) is 0. The van der Waals surface area contributed by atoms with Gasteiger partial charge in [0.25, 0.3) is 0 Å². The van der Waals surface area contributed by atoms with E-state index in [1.807, 2.05) is 12.1 Å². The molecular weight excluding hydrogens is 253 g/mol. The molecule has 0 spiro atoms. The Labute approximate surface area is 114 Å². The molecule has 1 fully saturated rings. The second-order valence-corrected chi connectivity index (χ2v) is 5.47. The van der Waals surface area contributed by atoms with Crippen LogP contribution in [0.3, 0.4) is 0 Å². The molecule has 1 aliphatic heterocycles. The Morgan fingerprint density at radius 2 is 2.24 bits per heavy atom. The van der Waals surface area contributed by atoms with Crippen LogP contribution in [0.25, 0.3) is 0 Å². The Kier molecular flexibility index (Phi) is 4.58. The maximum absolute atomic E-state index is 6.19. The molecule has 1 nitrogen and oxygen atoms in total.